The van der Waals surface area contributed by atoms with Crippen LogP contribution in [0, 0.1) is 0 Å². The first-order valence-electron chi connectivity index (χ1n) is 5.73. The van der Waals surface area contributed by atoms with Crippen LogP contribution >= 0.6 is 0 Å². The zero-order valence-corrected chi connectivity index (χ0v) is 10.1. The van der Waals surface area contributed by atoms with E-state index in [9.17, 15) is 13.2 Å². The van der Waals surface area contributed by atoms with Crippen LogP contribution in [0.1, 0.15) is 32.0 Å². The van der Waals surface area contributed by atoms with Gasteiger partial charge in [0.1, 0.15) is 11.6 Å². The molecule has 4 nitrogen and oxygen atoms in total. The number of nitrogens with zero attached hydrogens (tertiary/aromatic N) is 2. The number of aryl methyl sites for hydroxylation is 1. The number of ether oxygens (including phenoxy) is 1. The van der Waals surface area contributed by atoms with E-state index in [1.54, 1.807) is 0 Å². The summed E-state index contributed by atoms with van der Waals surface area (Å²) in [4.78, 5) is 8.06. The summed E-state index contributed by atoms with van der Waals surface area (Å²) in [6.45, 7) is 1.93. The van der Waals surface area contributed by atoms with Crippen molar-refractivity contribution in [2.45, 2.75) is 38.8 Å². The predicted octanol–water partition coefficient (Wildman–Crippen LogP) is 2.73. The highest BCUT2D eigenvalue weighted by Gasteiger charge is 2.26. The summed E-state index contributed by atoms with van der Waals surface area (Å²) in [5.74, 6) is 1.04. The Morgan fingerprint density at radius 1 is 1.33 bits per heavy atom. The molecule has 0 atom stereocenters. The van der Waals surface area contributed by atoms with Crippen LogP contribution in [0.4, 0.5) is 19.0 Å². The number of halogens is 3. The molecule has 0 fully saturated rings. The number of nitrogen functional groups attached to an aromatic ring is 1. The quantitative estimate of drug-likeness (QED) is 0.802. The minimum Gasteiger partial charge on any atom is -0.478 e. The van der Waals surface area contributed by atoms with Crippen LogP contribution in [-0.4, -0.2) is 22.8 Å². The monoisotopic (exact) mass is 263 g/mol. The lowest BCUT2D eigenvalue weighted by Gasteiger charge is -2.08. The van der Waals surface area contributed by atoms with Crippen molar-refractivity contribution in [1.29, 1.82) is 0 Å². The molecule has 18 heavy (non-hydrogen) atoms. The normalized spacial score (nSPS) is 11.6. The zero-order chi connectivity index (χ0) is 13.6. The Bertz CT molecular complexity index is 382. The van der Waals surface area contributed by atoms with E-state index >= 15 is 0 Å². The van der Waals surface area contributed by atoms with Gasteiger partial charge in [-0.2, -0.15) is 18.2 Å². The maximum Gasteiger partial charge on any atom is 0.389 e. The van der Waals surface area contributed by atoms with Crippen LogP contribution in [0.2, 0.25) is 0 Å². The van der Waals surface area contributed by atoms with Crippen LogP contribution in [0.5, 0.6) is 5.88 Å². The fraction of sp³-hybridized carbons (Fsp3) is 0.636. The molecule has 0 spiro atoms. The van der Waals surface area contributed by atoms with Crippen molar-refractivity contribution in [3.63, 3.8) is 0 Å². The van der Waals surface area contributed by atoms with Gasteiger partial charge in [-0.05, 0) is 12.8 Å². The summed E-state index contributed by atoms with van der Waals surface area (Å²) in [5, 5.41) is 0. The number of rotatable bonds is 6. The lowest BCUT2D eigenvalue weighted by atomic mass is 10.3. The Morgan fingerprint density at radius 3 is 2.67 bits per heavy atom. The predicted molar refractivity (Wildman–Crippen MR) is 61.2 cm³/mol. The largest absolute Gasteiger partial charge is 0.478 e. The summed E-state index contributed by atoms with van der Waals surface area (Å²) in [5.41, 5.74) is 5.55. The van der Waals surface area contributed by atoms with E-state index < -0.39 is 12.6 Å². The van der Waals surface area contributed by atoms with Gasteiger partial charge in [-0.15, -0.1) is 0 Å². The van der Waals surface area contributed by atoms with Gasteiger partial charge in [0.2, 0.25) is 5.88 Å². The van der Waals surface area contributed by atoms with Crippen LogP contribution in [-0.2, 0) is 6.42 Å². The zero-order valence-electron chi connectivity index (χ0n) is 10.1. The Kier molecular flexibility index (Phi) is 5.18. The van der Waals surface area contributed by atoms with Gasteiger partial charge in [0, 0.05) is 18.9 Å². The lowest BCUT2D eigenvalue weighted by molar-refractivity contribution is -0.136. The molecule has 0 saturated heterocycles. The second kappa shape index (κ2) is 6.42. The molecule has 0 radical (unpaired) electrons. The highest BCUT2D eigenvalue weighted by atomic mass is 19.4. The molecule has 2 N–H and O–H groups in total. The van der Waals surface area contributed by atoms with E-state index in [2.05, 4.69) is 9.97 Å². The van der Waals surface area contributed by atoms with Crippen LogP contribution in [0.25, 0.3) is 0 Å². The van der Waals surface area contributed by atoms with Crippen molar-refractivity contribution in [1.82, 2.24) is 9.97 Å². The van der Waals surface area contributed by atoms with Crippen molar-refractivity contribution in [2.24, 2.45) is 0 Å². The molecular formula is C11H16F3N3O. The number of aromatic nitrogens is 2. The first-order valence-corrected chi connectivity index (χ1v) is 5.73. The first-order chi connectivity index (χ1) is 8.40. The van der Waals surface area contributed by atoms with E-state index in [0.29, 0.717) is 12.2 Å². The van der Waals surface area contributed by atoms with E-state index in [1.165, 1.54) is 6.07 Å². The Balaban J connectivity index is 2.46. The summed E-state index contributed by atoms with van der Waals surface area (Å²) >= 11 is 0. The molecule has 0 aliphatic carbocycles. The van der Waals surface area contributed by atoms with Gasteiger partial charge < -0.3 is 10.5 Å². The molecular weight excluding hydrogens is 247 g/mol. The van der Waals surface area contributed by atoms with Gasteiger partial charge in [0.05, 0.1) is 6.61 Å². The minimum absolute atomic E-state index is 0.0402. The van der Waals surface area contributed by atoms with Crippen molar-refractivity contribution in [3.05, 3.63) is 11.9 Å². The van der Waals surface area contributed by atoms with Crippen molar-refractivity contribution < 1.29 is 17.9 Å². The standard InChI is InChI=1S/C11H16F3N3O/c1-2-4-9-16-8(15)7-10(17-9)18-6-3-5-11(12,13)14/h7H,2-6H2,1H3,(H2,15,16,17). The van der Waals surface area contributed by atoms with Crippen LogP contribution < -0.4 is 10.5 Å². The van der Waals surface area contributed by atoms with Gasteiger partial charge in [-0.3, -0.25) is 0 Å². The summed E-state index contributed by atoms with van der Waals surface area (Å²) in [6, 6.07) is 1.41. The van der Waals surface area contributed by atoms with Crippen molar-refractivity contribution in [3.8, 4) is 5.88 Å². The summed E-state index contributed by atoms with van der Waals surface area (Å²) in [6.07, 6.45) is -3.60. The fourth-order valence-electron chi connectivity index (χ4n) is 1.35. The fourth-order valence-corrected chi connectivity index (χ4v) is 1.35. The van der Waals surface area contributed by atoms with Gasteiger partial charge in [0.15, 0.2) is 0 Å². The number of alkyl halides is 3. The highest BCUT2D eigenvalue weighted by molar-refractivity contribution is 5.32. The maximum atomic E-state index is 11.9. The van der Waals surface area contributed by atoms with Crippen LogP contribution in [0.15, 0.2) is 6.07 Å². The minimum atomic E-state index is -4.15. The third kappa shape index (κ3) is 5.70. The topological polar surface area (TPSA) is 61.0 Å². The lowest BCUT2D eigenvalue weighted by Crippen LogP contribution is -2.10. The molecule has 0 amide bonds. The Labute approximate surface area is 103 Å². The van der Waals surface area contributed by atoms with Crippen molar-refractivity contribution in [2.75, 3.05) is 12.3 Å². The molecule has 0 unspecified atom stereocenters. The molecule has 7 heteroatoms. The molecule has 0 bridgehead atoms. The van der Waals surface area contributed by atoms with E-state index in [0.717, 1.165) is 6.42 Å². The van der Waals surface area contributed by atoms with Crippen molar-refractivity contribution >= 4 is 5.82 Å². The highest BCUT2D eigenvalue weighted by Crippen LogP contribution is 2.21. The average Bonchev–Trinajstić information content (AvgIpc) is 2.23. The van der Waals surface area contributed by atoms with Gasteiger partial charge in [-0.1, -0.05) is 6.92 Å². The second-order valence-corrected chi connectivity index (χ2v) is 3.86. The molecule has 102 valence electrons. The molecule has 0 aliphatic rings. The van der Waals surface area contributed by atoms with Gasteiger partial charge in [-0.25, -0.2) is 4.98 Å². The molecule has 0 saturated carbocycles. The SMILES string of the molecule is CCCc1nc(N)cc(OCCCC(F)(F)F)n1. The first kappa shape index (κ1) is 14.5. The van der Waals surface area contributed by atoms with Gasteiger partial charge in [0.25, 0.3) is 0 Å². The third-order valence-corrected chi connectivity index (χ3v) is 2.10. The molecule has 1 rings (SSSR count). The number of anilines is 1. The smallest absolute Gasteiger partial charge is 0.389 e. The average molecular weight is 263 g/mol. The van der Waals surface area contributed by atoms with Crippen LogP contribution in [0.3, 0.4) is 0 Å². The molecule has 0 aromatic carbocycles. The number of hydrogen-bond acceptors (Lipinski definition) is 4. The Hall–Kier alpha value is -1.53. The molecule has 1 aromatic heterocycles. The number of hydrogen-bond donors (Lipinski definition) is 1. The van der Waals surface area contributed by atoms with E-state index in [-0.39, 0.29) is 24.7 Å². The number of nitrogens with two attached hydrogens (primary N) is 1. The Morgan fingerprint density at radius 2 is 2.06 bits per heavy atom. The third-order valence-electron chi connectivity index (χ3n) is 2.10. The second-order valence-electron chi connectivity index (χ2n) is 3.86. The van der Waals surface area contributed by atoms with Gasteiger partial charge >= 0.3 is 6.18 Å². The van der Waals surface area contributed by atoms with E-state index in [4.69, 9.17) is 10.5 Å². The maximum absolute atomic E-state index is 11.9. The molecule has 1 aromatic rings. The summed E-state index contributed by atoms with van der Waals surface area (Å²) in [7, 11) is 0. The molecule has 1 heterocycles. The van der Waals surface area contributed by atoms with E-state index in [1.807, 2.05) is 6.92 Å². The summed E-state index contributed by atoms with van der Waals surface area (Å²) < 4.78 is 40.9. The molecule has 0 aliphatic heterocycles.